The van der Waals surface area contributed by atoms with E-state index < -0.39 is 8.07 Å². The molecule has 0 spiro atoms. The first-order chi connectivity index (χ1) is 2.56. The van der Waals surface area contributed by atoms with Crippen LogP contribution in [-0.4, -0.2) is 24.1 Å². The Bertz CT molecular complexity index is 37.3. The minimum absolute atomic E-state index is 0.659. The average molecular weight is 167 g/mol. The molecule has 0 amide bonds. The third kappa shape index (κ3) is 4.74. The van der Waals surface area contributed by atoms with Crippen molar-refractivity contribution in [3.05, 3.63) is 0 Å². The van der Waals surface area contributed by atoms with Crippen molar-refractivity contribution in [3.8, 4) is 0 Å². The summed E-state index contributed by atoms with van der Waals surface area (Å²) in [6.45, 7) is 7.10. The number of hydrogen-bond acceptors (Lipinski definition) is 0. The van der Waals surface area contributed by atoms with Crippen LogP contribution in [0, 0.1) is 0 Å². The van der Waals surface area contributed by atoms with E-state index in [0.717, 1.165) is 0 Å². The van der Waals surface area contributed by atoms with Gasteiger partial charge in [-0.15, -0.1) is 0 Å². The van der Waals surface area contributed by atoms with E-state index in [9.17, 15) is 0 Å². The van der Waals surface area contributed by atoms with Gasteiger partial charge in [-0.3, -0.25) is 0 Å². The quantitative estimate of drug-likeness (QED) is 0.514. The molecule has 0 nitrogen and oxygen atoms in total. The number of hydrogen-bond donors (Lipinski definition) is 0. The van der Waals surface area contributed by atoms with Crippen LogP contribution in [-0.2, 0) is 0 Å². The first-order valence-corrected chi connectivity index (χ1v) is 7.20. The fraction of sp³-hybridized carbons (Fsp3) is 1.00. The molecule has 0 aliphatic carbocycles. The summed E-state index contributed by atoms with van der Waals surface area (Å²) in [6.07, 6.45) is 0. The van der Waals surface area contributed by atoms with Crippen LogP contribution >= 0.6 is 0 Å². The molecule has 0 saturated carbocycles. The van der Waals surface area contributed by atoms with Gasteiger partial charge in [0.2, 0.25) is 0 Å². The van der Waals surface area contributed by atoms with Crippen molar-refractivity contribution in [2.75, 3.05) is 0 Å². The van der Waals surface area contributed by atoms with Crippen LogP contribution < -0.4 is 0 Å². The number of rotatable bonds is 1. The fourth-order valence-electron chi connectivity index (χ4n) is 0. The van der Waals surface area contributed by atoms with Crippen molar-refractivity contribution in [2.45, 2.75) is 24.6 Å². The predicted molar refractivity (Wildman–Crippen MR) is 35.3 cm³/mol. The molecule has 0 aliphatic rings. The molecule has 0 aromatic rings. The summed E-state index contributed by atoms with van der Waals surface area (Å²) >= 11 is 2.66. The SMILES string of the molecule is C[Si](C)(C)C[SeH]. The molecule has 0 saturated heterocycles. The molecule has 0 aromatic carbocycles. The van der Waals surface area contributed by atoms with Gasteiger partial charge in [0.05, 0.1) is 0 Å². The second-order valence-corrected chi connectivity index (χ2v) is 10.1. The van der Waals surface area contributed by atoms with Crippen LogP contribution in [0.5, 0.6) is 0 Å². The van der Waals surface area contributed by atoms with Gasteiger partial charge >= 0.3 is 48.7 Å². The molecule has 0 fully saturated rings. The fourth-order valence-corrected chi connectivity index (χ4v) is 0. The van der Waals surface area contributed by atoms with Gasteiger partial charge in [0, 0.05) is 0 Å². The molecule has 0 heterocycles. The molecule has 0 aromatic heterocycles. The van der Waals surface area contributed by atoms with Crippen LogP contribution in [0.3, 0.4) is 0 Å². The van der Waals surface area contributed by atoms with Crippen LogP contribution in [0.25, 0.3) is 0 Å². The Morgan fingerprint density at radius 2 is 1.50 bits per heavy atom. The topological polar surface area (TPSA) is 0 Å². The summed E-state index contributed by atoms with van der Waals surface area (Å²) in [5, 5.41) is 0. The zero-order valence-electron chi connectivity index (χ0n) is 4.65. The van der Waals surface area contributed by atoms with E-state index in [1.165, 1.54) is 4.94 Å². The second-order valence-electron chi connectivity index (χ2n) is 2.72. The first kappa shape index (κ1) is 6.74. The first-order valence-electron chi connectivity index (χ1n) is 2.17. The van der Waals surface area contributed by atoms with Crippen molar-refractivity contribution in [3.63, 3.8) is 0 Å². The van der Waals surface area contributed by atoms with E-state index >= 15 is 0 Å². The molecule has 6 heavy (non-hydrogen) atoms. The van der Waals surface area contributed by atoms with Gasteiger partial charge in [0.1, 0.15) is 0 Å². The van der Waals surface area contributed by atoms with Crippen molar-refractivity contribution in [1.29, 1.82) is 0 Å². The van der Waals surface area contributed by atoms with E-state index in [2.05, 4.69) is 35.7 Å². The Morgan fingerprint density at radius 3 is 1.50 bits per heavy atom. The summed E-state index contributed by atoms with van der Waals surface area (Å²) < 4.78 is 0. The van der Waals surface area contributed by atoms with Crippen molar-refractivity contribution < 1.29 is 0 Å². The second kappa shape index (κ2) is 2.15. The van der Waals surface area contributed by atoms with E-state index in [1.807, 2.05) is 0 Å². The van der Waals surface area contributed by atoms with Gasteiger partial charge in [-0.25, -0.2) is 0 Å². The molecular formula is C4H12SeSi. The van der Waals surface area contributed by atoms with E-state index in [0.29, 0.717) is 0 Å². The van der Waals surface area contributed by atoms with Crippen molar-refractivity contribution in [1.82, 2.24) is 0 Å². The molecular weight excluding hydrogens is 155 g/mol. The standard InChI is InChI=1S/C4H12SeSi/c1-6(2,3)4-5/h5H,4H2,1-3H3. The van der Waals surface area contributed by atoms with Crippen molar-refractivity contribution >= 4 is 24.1 Å². The Hall–Kier alpha value is 0.736. The van der Waals surface area contributed by atoms with Gasteiger partial charge in [-0.2, -0.15) is 0 Å². The van der Waals surface area contributed by atoms with E-state index in [1.54, 1.807) is 0 Å². The molecule has 0 aliphatic heterocycles. The van der Waals surface area contributed by atoms with E-state index in [4.69, 9.17) is 0 Å². The molecule has 0 bridgehead atoms. The van der Waals surface area contributed by atoms with Crippen LogP contribution in [0.1, 0.15) is 0 Å². The molecule has 0 atom stereocenters. The predicted octanol–water partition coefficient (Wildman–Crippen LogP) is 1.18. The minimum atomic E-state index is -0.659. The average Bonchev–Trinajstić information content (AvgIpc) is 1.35. The molecule has 2 heteroatoms. The van der Waals surface area contributed by atoms with Gasteiger partial charge in [0.25, 0.3) is 0 Å². The van der Waals surface area contributed by atoms with Crippen molar-refractivity contribution in [2.24, 2.45) is 0 Å². The molecule has 38 valence electrons. The van der Waals surface area contributed by atoms with Crippen LogP contribution in [0.2, 0.25) is 24.6 Å². The Labute approximate surface area is 49.2 Å². The van der Waals surface area contributed by atoms with Gasteiger partial charge in [0.15, 0.2) is 0 Å². The third-order valence-electron chi connectivity index (χ3n) is 0.474. The zero-order valence-corrected chi connectivity index (χ0v) is 7.53. The Kier molecular flexibility index (Phi) is 2.41. The molecule has 0 unspecified atom stereocenters. The third-order valence-corrected chi connectivity index (χ3v) is 7.39. The normalized spacial score (nSPS) is 12.0. The monoisotopic (exact) mass is 168 g/mol. The van der Waals surface area contributed by atoms with Gasteiger partial charge < -0.3 is 0 Å². The summed E-state index contributed by atoms with van der Waals surface area (Å²) in [6, 6.07) is 0. The summed E-state index contributed by atoms with van der Waals surface area (Å²) in [5.74, 6) is 0. The van der Waals surface area contributed by atoms with Crippen LogP contribution in [0.4, 0.5) is 0 Å². The summed E-state index contributed by atoms with van der Waals surface area (Å²) in [7, 11) is -0.659. The molecule has 0 N–H and O–H groups in total. The summed E-state index contributed by atoms with van der Waals surface area (Å²) in [4.78, 5) is 1.35. The van der Waals surface area contributed by atoms with Crippen LogP contribution in [0.15, 0.2) is 0 Å². The van der Waals surface area contributed by atoms with Gasteiger partial charge in [-0.05, 0) is 0 Å². The summed E-state index contributed by atoms with van der Waals surface area (Å²) in [5.41, 5.74) is 0. The van der Waals surface area contributed by atoms with Gasteiger partial charge in [-0.1, -0.05) is 0 Å². The zero-order chi connectivity index (χ0) is 5.21. The maximum absolute atomic E-state index is 2.66. The Morgan fingerprint density at radius 1 is 1.33 bits per heavy atom. The van der Waals surface area contributed by atoms with E-state index in [-0.39, 0.29) is 0 Å². The molecule has 0 rings (SSSR count). The maximum atomic E-state index is 2.66. The molecule has 0 radical (unpaired) electrons. The Balaban J connectivity index is 3.17.